The maximum Gasteiger partial charge on any atom is 0.135 e. The van der Waals surface area contributed by atoms with E-state index in [1.807, 2.05) is 65.1 Å². The molecule has 0 atom stereocenters. The predicted molar refractivity (Wildman–Crippen MR) is 271 cm³/mol. The van der Waals surface area contributed by atoms with E-state index in [0.29, 0.717) is 23.5 Å². The Labute approximate surface area is 417 Å². The van der Waals surface area contributed by atoms with Crippen molar-refractivity contribution in [1.29, 1.82) is 0 Å². The van der Waals surface area contributed by atoms with Gasteiger partial charge in [-0.05, 0) is 94.8 Å². The van der Waals surface area contributed by atoms with Crippen molar-refractivity contribution in [1.82, 2.24) is 9.55 Å². The van der Waals surface area contributed by atoms with Crippen LogP contribution in [0.5, 0.6) is 0 Å². The van der Waals surface area contributed by atoms with E-state index in [4.69, 9.17) is 18.7 Å². The number of rotatable bonds is 8. The van der Waals surface area contributed by atoms with Gasteiger partial charge in [-0.2, -0.15) is 41.5 Å². The van der Waals surface area contributed by atoms with Crippen molar-refractivity contribution in [3.05, 3.63) is 235 Å². The van der Waals surface area contributed by atoms with Crippen molar-refractivity contribution in [2.24, 2.45) is 0 Å². The Hall–Kier alpha value is -7.00. The molecule has 10 aromatic rings. The fourth-order valence-corrected chi connectivity index (χ4v) is 9.20. The molecule has 0 N–H and O–H groups in total. The predicted octanol–water partition coefficient (Wildman–Crippen LogP) is 15.7. The smallest absolute Gasteiger partial charge is 0.135 e. The van der Waals surface area contributed by atoms with E-state index in [0.717, 1.165) is 61.0 Å². The van der Waals surface area contributed by atoms with Crippen LogP contribution in [0, 0.1) is 32.6 Å². The number of aryl methyl sites for hydroxylation is 2. The average molecular weight is 1040 g/mol. The molecule has 0 spiro atoms. The number of pyridine rings is 1. The first-order valence-corrected chi connectivity index (χ1v) is 21.7. The van der Waals surface area contributed by atoms with Gasteiger partial charge >= 0.3 is 0 Å². The van der Waals surface area contributed by atoms with Crippen molar-refractivity contribution in [3.8, 4) is 39.2 Å². The van der Waals surface area contributed by atoms with Crippen molar-refractivity contribution in [2.45, 2.75) is 46.5 Å². The second-order valence-electron chi connectivity index (χ2n) is 17.5. The Kier molecular flexibility index (Phi) is 8.61. The van der Waals surface area contributed by atoms with Gasteiger partial charge in [0.05, 0.1) is 13.7 Å². The summed E-state index contributed by atoms with van der Waals surface area (Å²) in [7, 11) is 0. The standard InChI is InChI=1S/C61H49N4.Pt/c1-41-18-16-19-42(2)59(41)47-35-44(34-43-30-31-53-52-24-12-13-27-54(52)65(57(53)37-43)58-39-48(32-33-62-58)61(3,4)5)36-49(38-47)63-40-64(56-29-15-14-28-55(56)63)60-50(45-20-8-6-9-21-45)25-17-26-51(60)46-22-10-7-11-23-46;/h6-33,35,38-40H,34H2,1-5H3;/q-3;/i6D,7D,8D,9D,10D,11D,20D,21D,22D,23D;. The van der Waals surface area contributed by atoms with E-state index in [-0.39, 0.29) is 54.4 Å². The fraction of sp³-hybridized carbons (Fsp3) is 0.115. The van der Waals surface area contributed by atoms with Crippen LogP contribution in [-0.2, 0) is 32.9 Å². The Morgan fingerprint density at radius 2 is 1.24 bits per heavy atom. The summed E-state index contributed by atoms with van der Waals surface area (Å²) in [6, 6.07) is 42.4. The molecule has 8 aromatic carbocycles. The quantitative estimate of drug-likeness (QED) is 0.142. The second kappa shape index (κ2) is 17.4. The van der Waals surface area contributed by atoms with Crippen LogP contribution in [0.15, 0.2) is 188 Å². The van der Waals surface area contributed by atoms with Crippen LogP contribution >= 0.6 is 0 Å². The van der Waals surface area contributed by atoms with Crippen LogP contribution in [-0.4, -0.2) is 9.55 Å². The summed E-state index contributed by atoms with van der Waals surface area (Å²) >= 11 is 0. The Morgan fingerprint density at radius 3 is 1.92 bits per heavy atom. The number of nitrogens with zero attached hydrogens (tertiary/aromatic N) is 4. The molecule has 5 heteroatoms. The Balaban J connectivity index is 0.00000657. The van der Waals surface area contributed by atoms with Gasteiger partial charge in [0.2, 0.25) is 0 Å². The van der Waals surface area contributed by atoms with Gasteiger partial charge < -0.3 is 14.4 Å². The maximum absolute atomic E-state index is 9.15. The van der Waals surface area contributed by atoms with Gasteiger partial charge in [-0.1, -0.05) is 153 Å². The topological polar surface area (TPSA) is 24.3 Å². The summed E-state index contributed by atoms with van der Waals surface area (Å²) < 4.78 is 90.3. The minimum absolute atomic E-state index is 0. The molecule has 326 valence electrons. The zero-order valence-electron chi connectivity index (χ0n) is 47.0. The molecule has 0 aliphatic carbocycles. The first kappa shape index (κ1) is 32.6. The van der Waals surface area contributed by atoms with Crippen LogP contribution in [0.25, 0.3) is 61.0 Å². The average Bonchev–Trinajstić information content (AvgIpc) is 4.06. The zero-order chi connectivity index (χ0) is 52.9. The molecule has 0 amide bonds. The van der Waals surface area contributed by atoms with Gasteiger partial charge in [0, 0.05) is 61.0 Å². The van der Waals surface area contributed by atoms with Gasteiger partial charge in [0.15, 0.2) is 0 Å². The van der Waals surface area contributed by atoms with E-state index in [2.05, 4.69) is 112 Å². The molecule has 0 radical (unpaired) electrons. The van der Waals surface area contributed by atoms with Gasteiger partial charge in [0.1, 0.15) is 5.82 Å². The monoisotopic (exact) mass is 1040 g/mol. The molecular formula is C61H49N4Pt-3. The van der Waals surface area contributed by atoms with E-state index in [9.17, 15) is 0 Å². The van der Waals surface area contributed by atoms with E-state index >= 15 is 0 Å². The number of para-hydroxylation sites is 4. The van der Waals surface area contributed by atoms with Gasteiger partial charge in [-0.3, -0.25) is 0 Å². The minimum Gasteiger partial charge on any atom is -0.493 e. The number of hydrogen-bond donors (Lipinski definition) is 0. The third kappa shape index (κ3) is 7.74. The van der Waals surface area contributed by atoms with E-state index in [1.54, 1.807) is 18.2 Å². The van der Waals surface area contributed by atoms with Crippen molar-refractivity contribution in [2.75, 3.05) is 9.80 Å². The molecule has 0 saturated carbocycles. The molecule has 3 heterocycles. The van der Waals surface area contributed by atoms with E-state index < -0.39 is 60.4 Å². The summed E-state index contributed by atoms with van der Waals surface area (Å²) in [5, 5.41) is 2.15. The molecular weight excluding hydrogens is 984 g/mol. The van der Waals surface area contributed by atoms with Gasteiger partial charge in [-0.25, -0.2) is 4.98 Å². The van der Waals surface area contributed by atoms with E-state index in [1.165, 1.54) is 5.56 Å². The molecule has 0 saturated heterocycles. The molecule has 2 aromatic heterocycles. The third-order valence-corrected chi connectivity index (χ3v) is 12.3. The number of aromatic nitrogens is 2. The Morgan fingerprint density at radius 1 is 0.606 bits per heavy atom. The molecule has 0 bridgehead atoms. The van der Waals surface area contributed by atoms with Crippen molar-refractivity contribution >= 4 is 44.6 Å². The van der Waals surface area contributed by atoms with Gasteiger partial charge in [-0.15, -0.1) is 29.4 Å². The fourth-order valence-electron chi connectivity index (χ4n) is 9.20. The molecule has 4 nitrogen and oxygen atoms in total. The Bertz CT molecular complexity index is 3850. The van der Waals surface area contributed by atoms with Crippen LogP contribution in [0.3, 0.4) is 0 Å². The number of benzene rings is 8. The first-order chi connectivity index (χ1) is 35.8. The van der Waals surface area contributed by atoms with Crippen molar-refractivity contribution in [3.63, 3.8) is 0 Å². The first-order valence-electron chi connectivity index (χ1n) is 26.7. The van der Waals surface area contributed by atoms with Crippen molar-refractivity contribution < 1.29 is 34.8 Å². The summed E-state index contributed by atoms with van der Waals surface area (Å²) in [4.78, 5) is 8.69. The van der Waals surface area contributed by atoms with Crippen LogP contribution in [0.1, 0.15) is 62.3 Å². The molecule has 0 unspecified atom stereocenters. The third-order valence-electron chi connectivity index (χ3n) is 12.3. The molecule has 0 fully saturated rings. The van der Waals surface area contributed by atoms with Crippen LogP contribution in [0.4, 0.5) is 22.7 Å². The largest absolute Gasteiger partial charge is 0.493 e. The van der Waals surface area contributed by atoms with Crippen LogP contribution < -0.4 is 9.80 Å². The molecule has 66 heavy (non-hydrogen) atoms. The number of fused-ring (bicyclic) bond motifs is 4. The summed E-state index contributed by atoms with van der Waals surface area (Å²) in [5.74, 6) is 0.809. The molecule has 1 aliphatic rings. The normalized spacial score (nSPS) is 14.6. The summed E-state index contributed by atoms with van der Waals surface area (Å²) in [5.41, 5.74) is 11.4. The van der Waals surface area contributed by atoms with Crippen LogP contribution in [0.2, 0.25) is 0 Å². The second-order valence-corrected chi connectivity index (χ2v) is 17.5. The SMILES string of the molecule is [2H]c1c([2H])c([2H])c(-c2cccc(-c3c([2H])c([2H])c([2H])c([2H])c3[2H])c2N2[CH-]N(c3[c-]c(Cc4[c-]c5c(cc4)c4ccccc4n5-c4cc(C(C)(C)C)ccn4)cc(-c4c(C)cccc4C)c3)c3ccccc32)c([2H])c1[2H].[Pt]. The zero-order valence-corrected chi connectivity index (χ0v) is 39.3. The minimum atomic E-state index is -0.556. The summed E-state index contributed by atoms with van der Waals surface area (Å²) in [6.07, 6.45) is 2.32. The summed E-state index contributed by atoms with van der Waals surface area (Å²) in [6.45, 7) is 12.6. The maximum atomic E-state index is 9.15. The molecule has 11 rings (SSSR count). The van der Waals surface area contributed by atoms with Gasteiger partial charge in [0.25, 0.3) is 0 Å². The number of anilines is 4. The molecule has 1 aliphatic heterocycles. The number of hydrogen-bond acceptors (Lipinski definition) is 3.